The van der Waals surface area contributed by atoms with Crippen LogP contribution >= 0.6 is 0 Å². The number of rotatable bonds is 4. The number of carbonyl (C=O) groups is 1. The summed E-state index contributed by atoms with van der Waals surface area (Å²) in [5.74, 6) is 2.52. The van der Waals surface area contributed by atoms with Crippen LogP contribution < -0.4 is 14.8 Å². The van der Waals surface area contributed by atoms with Crippen molar-refractivity contribution in [3.8, 4) is 11.5 Å². The van der Waals surface area contributed by atoms with Crippen molar-refractivity contribution in [2.75, 3.05) is 13.2 Å². The summed E-state index contributed by atoms with van der Waals surface area (Å²) in [6, 6.07) is 13.6. The van der Waals surface area contributed by atoms with Crippen LogP contribution in [0.5, 0.6) is 11.5 Å². The molecule has 3 aromatic rings. The number of benzene rings is 2. The predicted molar refractivity (Wildman–Crippen MR) is 106 cm³/mol. The van der Waals surface area contributed by atoms with Gasteiger partial charge in [0.05, 0.1) is 12.6 Å². The molecule has 0 fully saturated rings. The van der Waals surface area contributed by atoms with E-state index in [4.69, 9.17) is 13.9 Å². The Morgan fingerprint density at radius 2 is 2.04 bits per heavy atom. The van der Waals surface area contributed by atoms with Crippen LogP contribution in [0.2, 0.25) is 0 Å². The van der Waals surface area contributed by atoms with Crippen molar-refractivity contribution < 1.29 is 18.7 Å². The minimum atomic E-state index is -0.129. The lowest BCUT2D eigenvalue weighted by Crippen LogP contribution is -2.35. The number of hydrogen-bond donors (Lipinski definition) is 1. The van der Waals surface area contributed by atoms with Gasteiger partial charge in [-0.3, -0.25) is 4.79 Å². The molecule has 5 heteroatoms. The van der Waals surface area contributed by atoms with Gasteiger partial charge < -0.3 is 19.2 Å². The molecule has 5 nitrogen and oxygen atoms in total. The number of nitrogens with one attached hydrogen (secondary N) is 1. The molecule has 0 spiro atoms. The summed E-state index contributed by atoms with van der Waals surface area (Å²) >= 11 is 0. The van der Waals surface area contributed by atoms with Gasteiger partial charge in [0, 0.05) is 29.4 Å². The zero-order valence-electron chi connectivity index (χ0n) is 15.7. The molecule has 0 bridgehead atoms. The molecule has 2 aliphatic rings. The van der Waals surface area contributed by atoms with Gasteiger partial charge in [0.1, 0.15) is 22.8 Å². The molecule has 1 aliphatic carbocycles. The Hall–Kier alpha value is -2.95. The average molecular weight is 377 g/mol. The lowest BCUT2D eigenvalue weighted by molar-refractivity contribution is -0.124. The summed E-state index contributed by atoms with van der Waals surface area (Å²) < 4.78 is 17.4. The van der Waals surface area contributed by atoms with Gasteiger partial charge in [0.15, 0.2) is 6.61 Å². The number of hydrogen-bond acceptors (Lipinski definition) is 4. The van der Waals surface area contributed by atoms with Crippen molar-refractivity contribution >= 4 is 16.9 Å². The Balaban J connectivity index is 1.26. The molecule has 0 saturated carbocycles. The molecule has 0 radical (unpaired) electrons. The SMILES string of the molecule is O=C(COc1ccc2oc3c(c2c1)CCCC3)N[C@H]1CCOc2ccccc21. The predicted octanol–water partition coefficient (Wildman–Crippen LogP) is 4.33. The molecule has 1 aromatic heterocycles. The fourth-order valence-corrected chi connectivity index (χ4v) is 4.21. The van der Waals surface area contributed by atoms with Gasteiger partial charge in [-0.25, -0.2) is 0 Å². The third kappa shape index (κ3) is 3.21. The lowest BCUT2D eigenvalue weighted by atomic mass is 9.96. The topological polar surface area (TPSA) is 60.7 Å². The maximum atomic E-state index is 12.4. The number of amides is 1. The van der Waals surface area contributed by atoms with Crippen molar-refractivity contribution in [3.05, 3.63) is 59.4 Å². The fraction of sp³-hybridized carbons (Fsp3) is 0.348. The summed E-state index contributed by atoms with van der Waals surface area (Å²) in [5.41, 5.74) is 3.23. The van der Waals surface area contributed by atoms with Crippen LogP contribution in [-0.2, 0) is 17.6 Å². The molecular weight excluding hydrogens is 354 g/mol. The van der Waals surface area contributed by atoms with E-state index < -0.39 is 0 Å². The number of carbonyl (C=O) groups excluding carboxylic acids is 1. The molecular formula is C23H23NO4. The fourth-order valence-electron chi connectivity index (χ4n) is 4.21. The van der Waals surface area contributed by atoms with Gasteiger partial charge in [-0.05, 0) is 43.5 Å². The van der Waals surface area contributed by atoms with Crippen molar-refractivity contribution in [2.24, 2.45) is 0 Å². The van der Waals surface area contributed by atoms with Gasteiger partial charge in [0.25, 0.3) is 5.91 Å². The van der Waals surface area contributed by atoms with E-state index in [0.29, 0.717) is 12.4 Å². The van der Waals surface area contributed by atoms with E-state index in [1.165, 1.54) is 18.4 Å². The third-order valence-corrected chi connectivity index (χ3v) is 5.59. The zero-order chi connectivity index (χ0) is 18.9. The Morgan fingerprint density at radius 3 is 3.00 bits per heavy atom. The molecule has 0 unspecified atom stereocenters. The average Bonchev–Trinajstić information content (AvgIpc) is 3.10. The number of aryl methyl sites for hydroxylation is 2. The van der Waals surface area contributed by atoms with Gasteiger partial charge in [-0.2, -0.15) is 0 Å². The summed E-state index contributed by atoms with van der Waals surface area (Å²) in [4.78, 5) is 12.4. The first kappa shape index (κ1) is 17.2. The first-order valence-electron chi connectivity index (χ1n) is 9.96. The van der Waals surface area contributed by atoms with Crippen LogP contribution in [0, 0.1) is 0 Å². The van der Waals surface area contributed by atoms with Crippen molar-refractivity contribution in [3.63, 3.8) is 0 Å². The Kier molecular flexibility index (Phi) is 4.43. The van der Waals surface area contributed by atoms with Gasteiger partial charge in [-0.15, -0.1) is 0 Å². The summed E-state index contributed by atoms with van der Waals surface area (Å²) in [7, 11) is 0. The molecule has 1 aliphatic heterocycles. The summed E-state index contributed by atoms with van der Waals surface area (Å²) in [6.07, 6.45) is 5.20. The van der Waals surface area contributed by atoms with Crippen molar-refractivity contribution in [1.29, 1.82) is 0 Å². The Bertz CT molecular complexity index is 1020. The highest BCUT2D eigenvalue weighted by Gasteiger charge is 2.23. The first-order chi connectivity index (χ1) is 13.8. The lowest BCUT2D eigenvalue weighted by Gasteiger charge is -2.26. The number of fused-ring (bicyclic) bond motifs is 4. The normalized spacial score (nSPS) is 18.1. The van der Waals surface area contributed by atoms with Crippen molar-refractivity contribution in [2.45, 2.75) is 38.1 Å². The zero-order valence-corrected chi connectivity index (χ0v) is 15.7. The summed E-state index contributed by atoms with van der Waals surface area (Å²) in [5, 5.41) is 4.18. The van der Waals surface area contributed by atoms with Gasteiger partial charge in [0.2, 0.25) is 0 Å². The molecule has 28 heavy (non-hydrogen) atoms. The van der Waals surface area contributed by atoms with Gasteiger partial charge in [-0.1, -0.05) is 18.2 Å². The maximum absolute atomic E-state index is 12.4. The Labute approximate surface area is 163 Å². The van der Waals surface area contributed by atoms with Crippen LogP contribution in [0.25, 0.3) is 11.0 Å². The van der Waals surface area contributed by atoms with Crippen LogP contribution in [0.4, 0.5) is 0 Å². The molecule has 0 saturated heterocycles. The van der Waals surface area contributed by atoms with Crippen LogP contribution in [0.15, 0.2) is 46.9 Å². The number of ether oxygens (including phenoxy) is 2. The highest BCUT2D eigenvalue weighted by atomic mass is 16.5. The quantitative estimate of drug-likeness (QED) is 0.735. The van der Waals surface area contributed by atoms with Crippen LogP contribution in [-0.4, -0.2) is 19.1 Å². The van der Waals surface area contributed by atoms with E-state index in [1.54, 1.807) is 0 Å². The second-order valence-corrected chi connectivity index (χ2v) is 7.45. The third-order valence-electron chi connectivity index (χ3n) is 5.59. The highest BCUT2D eigenvalue weighted by Crippen LogP contribution is 2.34. The summed E-state index contributed by atoms with van der Waals surface area (Å²) in [6.45, 7) is 0.593. The smallest absolute Gasteiger partial charge is 0.258 e. The molecule has 5 rings (SSSR count). The largest absolute Gasteiger partial charge is 0.493 e. The molecule has 1 N–H and O–H groups in total. The first-order valence-corrected chi connectivity index (χ1v) is 9.96. The van der Waals surface area contributed by atoms with Crippen molar-refractivity contribution in [1.82, 2.24) is 5.32 Å². The second kappa shape index (κ2) is 7.23. The molecule has 1 amide bonds. The van der Waals surface area contributed by atoms with E-state index in [-0.39, 0.29) is 18.6 Å². The monoisotopic (exact) mass is 377 g/mol. The van der Waals surface area contributed by atoms with E-state index in [2.05, 4.69) is 5.32 Å². The minimum absolute atomic E-state index is 0.00886. The Morgan fingerprint density at radius 1 is 1.14 bits per heavy atom. The number of furan rings is 1. The minimum Gasteiger partial charge on any atom is -0.493 e. The van der Waals surface area contributed by atoms with E-state index in [1.807, 2.05) is 42.5 Å². The van der Waals surface area contributed by atoms with Crippen LogP contribution in [0.1, 0.15) is 42.2 Å². The maximum Gasteiger partial charge on any atom is 0.258 e. The molecule has 144 valence electrons. The second-order valence-electron chi connectivity index (χ2n) is 7.45. The molecule has 2 heterocycles. The van der Waals surface area contributed by atoms with E-state index in [0.717, 1.165) is 47.3 Å². The van der Waals surface area contributed by atoms with E-state index >= 15 is 0 Å². The van der Waals surface area contributed by atoms with Gasteiger partial charge >= 0.3 is 0 Å². The number of para-hydroxylation sites is 1. The standard InChI is InChI=1S/C23H23NO4/c25-23(24-19-11-12-26-20-7-3-2-6-17(19)20)14-27-15-9-10-22-18(13-15)16-5-1-4-8-21(16)28-22/h2-3,6-7,9-10,13,19H,1,4-5,8,11-12,14H2,(H,24,25)/t19-/m0/s1. The van der Waals surface area contributed by atoms with Crippen LogP contribution in [0.3, 0.4) is 0 Å². The highest BCUT2D eigenvalue weighted by molar-refractivity contribution is 5.84. The van der Waals surface area contributed by atoms with E-state index in [9.17, 15) is 4.79 Å². The molecule has 2 aromatic carbocycles. The molecule has 1 atom stereocenters.